The summed E-state index contributed by atoms with van der Waals surface area (Å²) in [7, 11) is 0. The molecule has 1 aliphatic rings. The number of carbonyl (C=O) groups excluding carboxylic acids is 1. The number of aliphatic hydroxyl groups is 1. The first-order valence-corrected chi connectivity index (χ1v) is 10.5. The fourth-order valence-electron chi connectivity index (χ4n) is 4.03. The summed E-state index contributed by atoms with van der Waals surface area (Å²) in [6.07, 6.45) is 3.41. The van der Waals surface area contributed by atoms with Gasteiger partial charge < -0.3 is 9.84 Å². The highest BCUT2D eigenvalue weighted by Crippen LogP contribution is 2.29. The number of halogens is 3. The van der Waals surface area contributed by atoms with E-state index in [1.807, 2.05) is 4.90 Å². The van der Waals surface area contributed by atoms with Crippen LogP contribution in [0.25, 0.3) is 0 Å². The van der Waals surface area contributed by atoms with E-state index in [9.17, 15) is 23.1 Å². The molecule has 1 unspecified atom stereocenters. The molecule has 0 radical (unpaired) electrons. The average molecular weight is 460 g/mol. The number of piperidine rings is 1. The van der Waals surface area contributed by atoms with Crippen molar-refractivity contribution >= 4 is 5.97 Å². The average Bonchev–Trinajstić information content (AvgIpc) is 3.28. The zero-order chi connectivity index (χ0) is 23.4. The molecule has 1 saturated heterocycles. The van der Waals surface area contributed by atoms with Crippen LogP contribution in [0.3, 0.4) is 0 Å². The van der Waals surface area contributed by atoms with Crippen molar-refractivity contribution in [2.45, 2.75) is 31.1 Å². The van der Waals surface area contributed by atoms with Crippen LogP contribution < -0.4 is 0 Å². The van der Waals surface area contributed by atoms with Crippen LogP contribution in [0.15, 0.2) is 55.1 Å². The van der Waals surface area contributed by atoms with Gasteiger partial charge in [-0.15, -0.1) is 0 Å². The first kappa shape index (κ1) is 22.9. The van der Waals surface area contributed by atoms with Crippen molar-refractivity contribution in [1.82, 2.24) is 19.7 Å². The Hall–Kier alpha value is -3.24. The zero-order valence-corrected chi connectivity index (χ0v) is 17.7. The summed E-state index contributed by atoms with van der Waals surface area (Å²) in [6, 6.07) is 8.21. The molecule has 0 amide bonds. The fourth-order valence-corrected chi connectivity index (χ4v) is 4.03. The van der Waals surface area contributed by atoms with Crippen LogP contribution >= 0.6 is 0 Å². The summed E-state index contributed by atoms with van der Waals surface area (Å²) in [5.74, 6) is -2.54. The molecule has 0 saturated carbocycles. The third kappa shape index (κ3) is 5.58. The van der Waals surface area contributed by atoms with Crippen LogP contribution in [0.4, 0.5) is 13.2 Å². The molecule has 7 nitrogen and oxygen atoms in total. The van der Waals surface area contributed by atoms with Gasteiger partial charge in [0.05, 0.1) is 12.1 Å². The van der Waals surface area contributed by atoms with Crippen molar-refractivity contribution in [2.24, 2.45) is 0 Å². The number of rotatable bonds is 7. The number of likely N-dealkylation sites (tertiary alicyclic amines) is 1. The number of ether oxygens (including phenoxy) is 1. The van der Waals surface area contributed by atoms with E-state index in [1.54, 1.807) is 0 Å². The Morgan fingerprint density at radius 1 is 1.06 bits per heavy atom. The van der Waals surface area contributed by atoms with Crippen LogP contribution in [-0.2, 0) is 16.9 Å². The quantitative estimate of drug-likeness (QED) is 0.547. The summed E-state index contributed by atoms with van der Waals surface area (Å²) in [4.78, 5) is 18.1. The second-order valence-electron chi connectivity index (χ2n) is 8.14. The van der Waals surface area contributed by atoms with Gasteiger partial charge in [0.15, 0.2) is 0 Å². The lowest BCUT2D eigenvalue weighted by Crippen LogP contribution is -2.48. The molecule has 1 aromatic heterocycles. The normalized spacial score (nSPS) is 17.0. The SMILES string of the molecule is O=C(OC1CCN(CC(O)(Cn2cncn2)c2ccc(F)cc2F)CC1)c1ccc(F)cc1. The number of β-amino-alcohol motifs (C(OH)–C–C–N with tert-alkyl or cyclic N) is 1. The number of hydrogen-bond acceptors (Lipinski definition) is 6. The third-order valence-corrected chi connectivity index (χ3v) is 5.70. The summed E-state index contributed by atoms with van der Waals surface area (Å²) in [6.45, 7) is 0.969. The van der Waals surface area contributed by atoms with Gasteiger partial charge in [0.25, 0.3) is 0 Å². The van der Waals surface area contributed by atoms with E-state index < -0.39 is 29.0 Å². The molecule has 1 aliphatic heterocycles. The molecule has 33 heavy (non-hydrogen) atoms. The predicted molar refractivity (Wildman–Crippen MR) is 112 cm³/mol. The third-order valence-electron chi connectivity index (χ3n) is 5.70. The molecular formula is C23H23F3N4O3. The molecule has 2 heterocycles. The van der Waals surface area contributed by atoms with Crippen LogP contribution in [-0.4, -0.2) is 56.5 Å². The van der Waals surface area contributed by atoms with Gasteiger partial charge in [-0.3, -0.25) is 4.90 Å². The van der Waals surface area contributed by atoms with Crippen LogP contribution in [0.1, 0.15) is 28.8 Å². The van der Waals surface area contributed by atoms with Gasteiger partial charge in [0.1, 0.15) is 41.8 Å². The standard InChI is InChI=1S/C23H23F3N4O3/c24-17-3-1-16(2-4-17)22(31)33-19-7-9-29(10-8-19)12-23(32,13-30-15-27-14-28-30)20-6-5-18(25)11-21(20)26/h1-6,11,14-15,19,32H,7-10,12-13H2. The maximum Gasteiger partial charge on any atom is 0.338 e. The molecule has 0 spiro atoms. The van der Waals surface area contributed by atoms with E-state index in [2.05, 4.69) is 10.1 Å². The molecule has 0 bridgehead atoms. The number of nitrogens with zero attached hydrogens (tertiary/aromatic N) is 4. The van der Waals surface area contributed by atoms with Gasteiger partial charge in [-0.1, -0.05) is 6.07 Å². The number of benzene rings is 2. The van der Waals surface area contributed by atoms with E-state index in [1.165, 1.54) is 47.7 Å². The van der Waals surface area contributed by atoms with Crippen molar-refractivity contribution in [3.8, 4) is 0 Å². The Bertz CT molecular complexity index is 1090. The molecule has 4 rings (SSSR count). The second-order valence-corrected chi connectivity index (χ2v) is 8.14. The topological polar surface area (TPSA) is 80.5 Å². The van der Waals surface area contributed by atoms with Gasteiger partial charge >= 0.3 is 5.97 Å². The Labute approximate surface area is 188 Å². The van der Waals surface area contributed by atoms with E-state index in [0.717, 1.165) is 12.1 Å². The summed E-state index contributed by atoms with van der Waals surface area (Å²) < 4.78 is 48.0. The number of aromatic nitrogens is 3. The molecule has 1 atom stereocenters. The second kappa shape index (κ2) is 9.72. The Kier molecular flexibility index (Phi) is 6.75. The minimum Gasteiger partial charge on any atom is -0.459 e. The minimum atomic E-state index is -1.69. The maximum absolute atomic E-state index is 14.6. The highest BCUT2D eigenvalue weighted by molar-refractivity contribution is 5.89. The molecule has 3 aromatic rings. The lowest BCUT2D eigenvalue weighted by Gasteiger charge is -2.38. The molecular weight excluding hydrogens is 437 g/mol. The van der Waals surface area contributed by atoms with Gasteiger partial charge in [-0.05, 0) is 43.2 Å². The smallest absolute Gasteiger partial charge is 0.338 e. The van der Waals surface area contributed by atoms with Gasteiger partial charge in [0.2, 0.25) is 0 Å². The van der Waals surface area contributed by atoms with Crippen molar-refractivity contribution in [3.05, 3.63) is 83.7 Å². The van der Waals surface area contributed by atoms with E-state index in [-0.39, 0.29) is 30.3 Å². The Morgan fingerprint density at radius 2 is 1.76 bits per heavy atom. The Morgan fingerprint density at radius 3 is 2.39 bits per heavy atom. The van der Waals surface area contributed by atoms with E-state index in [0.29, 0.717) is 25.9 Å². The molecule has 2 aromatic carbocycles. The summed E-state index contributed by atoms with van der Waals surface area (Å²) in [5, 5.41) is 15.4. The van der Waals surface area contributed by atoms with Crippen molar-refractivity contribution < 1.29 is 27.8 Å². The van der Waals surface area contributed by atoms with Crippen LogP contribution in [0.5, 0.6) is 0 Å². The molecule has 174 valence electrons. The highest BCUT2D eigenvalue weighted by Gasteiger charge is 2.37. The fraction of sp³-hybridized carbons (Fsp3) is 0.348. The van der Waals surface area contributed by atoms with Crippen LogP contribution in [0.2, 0.25) is 0 Å². The predicted octanol–water partition coefficient (Wildman–Crippen LogP) is 2.90. The van der Waals surface area contributed by atoms with Gasteiger partial charge in [0, 0.05) is 31.3 Å². The number of hydrogen-bond donors (Lipinski definition) is 1. The summed E-state index contributed by atoms with van der Waals surface area (Å²) >= 11 is 0. The molecule has 0 aliphatic carbocycles. The summed E-state index contributed by atoms with van der Waals surface area (Å²) in [5.41, 5.74) is -1.46. The molecule has 1 fully saturated rings. The molecule has 1 N–H and O–H groups in total. The lowest BCUT2D eigenvalue weighted by molar-refractivity contribution is -0.0396. The van der Waals surface area contributed by atoms with E-state index >= 15 is 0 Å². The van der Waals surface area contributed by atoms with E-state index in [4.69, 9.17) is 4.74 Å². The van der Waals surface area contributed by atoms with Crippen molar-refractivity contribution in [2.75, 3.05) is 19.6 Å². The van der Waals surface area contributed by atoms with Gasteiger partial charge in [-0.2, -0.15) is 5.10 Å². The number of esters is 1. The van der Waals surface area contributed by atoms with Gasteiger partial charge in [-0.25, -0.2) is 27.6 Å². The minimum absolute atomic E-state index is 0.0377. The van der Waals surface area contributed by atoms with Crippen molar-refractivity contribution in [3.63, 3.8) is 0 Å². The zero-order valence-electron chi connectivity index (χ0n) is 17.7. The maximum atomic E-state index is 14.6. The monoisotopic (exact) mass is 460 g/mol. The highest BCUT2D eigenvalue weighted by atomic mass is 19.1. The van der Waals surface area contributed by atoms with Crippen LogP contribution in [0, 0.1) is 17.5 Å². The van der Waals surface area contributed by atoms with Crippen molar-refractivity contribution in [1.29, 1.82) is 0 Å². The Balaban J connectivity index is 1.41. The molecule has 10 heteroatoms. The first-order chi connectivity index (χ1) is 15.8. The first-order valence-electron chi connectivity index (χ1n) is 10.5. The number of carbonyl (C=O) groups is 1. The lowest BCUT2D eigenvalue weighted by atomic mass is 9.91. The largest absolute Gasteiger partial charge is 0.459 e.